The van der Waals surface area contributed by atoms with Gasteiger partial charge in [-0.25, -0.2) is 0 Å². The molecular weight excluding hydrogens is 262 g/mol. The highest BCUT2D eigenvalue weighted by Gasteiger charge is 2.60. The third-order valence-corrected chi connectivity index (χ3v) is 6.59. The zero-order valence-electron chi connectivity index (χ0n) is 13.5. The van der Waals surface area contributed by atoms with Gasteiger partial charge in [0.05, 0.1) is 17.9 Å². The van der Waals surface area contributed by atoms with Gasteiger partial charge in [-0.3, -0.25) is 4.79 Å². The van der Waals surface area contributed by atoms with Crippen molar-refractivity contribution in [1.29, 1.82) is 5.26 Å². The standard InChI is InChI=1S/C18H27NO2/c1-4-17(2,3)16(20)21-18(5-6-19)14-8-12-7-13(10-14)11-15(18)9-12/h12-15H,4-5,7-11H2,1-3H3. The van der Waals surface area contributed by atoms with Crippen LogP contribution in [0, 0.1) is 40.4 Å². The molecule has 3 heteroatoms. The summed E-state index contributed by atoms with van der Waals surface area (Å²) >= 11 is 0. The maximum absolute atomic E-state index is 12.6. The maximum atomic E-state index is 12.6. The van der Waals surface area contributed by atoms with Gasteiger partial charge >= 0.3 is 5.97 Å². The largest absolute Gasteiger partial charge is 0.457 e. The minimum absolute atomic E-state index is 0.104. The Morgan fingerprint density at radius 3 is 2.14 bits per heavy atom. The van der Waals surface area contributed by atoms with E-state index in [4.69, 9.17) is 4.74 Å². The Balaban J connectivity index is 1.87. The molecule has 0 radical (unpaired) electrons. The van der Waals surface area contributed by atoms with E-state index in [2.05, 4.69) is 6.07 Å². The summed E-state index contributed by atoms with van der Waals surface area (Å²) in [6.07, 6.45) is 7.17. The summed E-state index contributed by atoms with van der Waals surface area (Å²) in [4.78, 5) is 12.6. The second-order valence-electron chi connectivity index (χ2n) is 8.22. The smallest absolute Gasteiger partial charge is 0.312 e. The van der Waals surface area contributed by atoms with Gasteiger partial charge in [0, 0.05) is 11.8 Å². The normalized spacial score (nSPS) is 40.9. The first-order valence-corrected chi connectivity index (χ1v) is 8.51. The number of nitriles is 1. The molecule has 0 N–H and O–H groups in total. The van der Waals surface area contributed by atoms with Crippen LogP contribution in [0.15, 0.2) is 0 Å². The molecule has 4 fully saturated rings. The molecule has 4 bridgehead atoms. The van der Waals surface area contributed by atoms with Crippen LogP contribution in [0.5, 0.6) is 0 Å². The number of ether oxygens (including phenoxy) is 1. The van der Waals surface area contributed by atoms with Gasteiger partial charge in [0.1, 0.15) is 5.60 Å². The quantitative estimate of drug-likeness (QED) is 0.733. The summed E-state index contributed by atoms with van der Waals surface area (Å²) < 4.78 is 6.15. The molecule has 4 aliphatic rings. The minimum Gasteiger partial charge on any atom is -0.457 e. The van der Waals surface area contributed by atoms with E-state index in [1.165, 1.54) is 6.42 Å². The van der Waals surface area contributed by atoms with Gasteiger partial charge in [0.25, 0.3) is 0 Å². The molecule has 0 aliphatic heterocycles. The highest BCUT2D eigenvalue weighted by molar-refractivity contribution is 5.76. The van der Waals surface area contributed by atoms with Crippen molar-refractivity contribution in [2.75, 3.05) is 0 Å². The first-order valence-electron chi connectivity index (χ1n) is 8.51. The average molecular weight is 289 g/mol. The molecular formula is C18H27NO2. The van der Waals surface area contributed by atoms with E-state index in [0.717, 1.165) is 43.9 Å². The minimum atomic E-state index is -0.480. The summed E-state index contributed by atoms with van der Waals surface area (Å²) in [6.45, 7) is 5.92. The Hall–Kier alpha value is -1.04. The van der Waals surface area contributed by atoms with Crippen LogP contribution in [0.25, 0.3) is 0 Å². The molecule has 0 saturated heterocycles. The van der Waals surface area contributed by atoms with Crippen molar-refractivity contribution in [1.82, 2.24) is 0 Å². The summed E-state index contributed by atoms with van der Waals surface area (Å²) in [5.41, 5.74) is -0.928. The second kappa shape index (κ2) is 5.00. The first-order chi connectivity index (χ1) is 9.91. The number of hydrogen-bond acceptors (Lipinski definition) is 3. The van der Waals surface area contributed by atoms with Crippen molar-refractivity contribution in [3.05, 3.63) is 0 Å². The van der Waals surface area contributed by atoms with E-state index < -0.39 is 11.0 Å². The topological polar surface area (TPSA) is 50.1 Å². The van der Waals surface area contributed by atoms with Crippen molar-refractivity contribution in [3.8, 4) is 6.07 Å². The Bertz CT molecular complexity index is 446. The molecule has 0 spiro atoms. The van der Waals surface area contributed by atoms with E-state index in [1.807, 2.05) is 20.8 Å². The fourth-order valence-corrected chi connectivity index (χ4v) is 5.05. The molecule has 0 amide bonds. The number of carbonyl (C=O) groups excluding carboxylic acids is 1. The van der Waals surface area contributed by atoms with Crippen LogP contribution in [0.1, 0.15) is 65.7 Å². The molecule has 0 aromatic rings. The molecule has 0 aromatic heterocycles. The Kier molecular flexibility index (Phi) is 3.55. The summed E-state index contributed by atoms with van der Waals surface area (Å²) in [6, 6.07) is 2.33. The summed E-state index contributed by atoms with van der Waals surface area (Å²) in [7, 11) is 0. The molecule has 0 atom stereocenters. The zero-order chi connectivity index (χ0) is 15.3. The third kappa shape index (κ3) is 2.28. The molecule has 21 heavy (non-hydrogen) atoms. The van der Waals surface area contributed by atoms with Gasteiger partial charge in [-0.05, 0) is 64.2 Å². The van der Waals surface area contributed by atoms with Crippen molar-refractivity contribution in [2.24, 2.45) is 29.1 Å². The zero-order valence-corrected chi connectivity index (χ0v) is 13.5. The van der Waals surface area contributed by atoms with Gasteiger partial charge in [0.15, 0.2) is 0 Å². The SMILES string of the molecule is CCC(C)(C)C(=O)OC1(CC#N)C2CC3CC(C2)CC1C3. The van der Waals surface area contributed by atoms with Gasteiger partial charge in [-0.15, -0.1) is 0 Å². The van der Waals surface area contributed by atoms with Crippen LogP contribution in [0.4, 0.5) is 0 Å². The van der Waals surface area contributed by atoms with Crippen molar-refractivity contribution in [3.63, 3.8) is 0 Å². The first kappa shape index (κ1) is 14.9. The Labute approximate surface area is 128 Å². The summed E-state index contributed by atoms with van der Waals surface area (Å²) in [5, 5.41) is 9.35. The Morgan fingerprint density at radius 2 is 1.71 bits per heavy atom. The van der Waals surface area contributed by atoms with Crippen molar-refractivity contribution in [2.45, 2.75) is 71.3 Å². The van der Waals surface area contributed by atoms with Crippen LogP contribution in [0.2, 0.25) is 0 Å². The number of hydrogen-bond donors (Lipinski definition) is 0. The van der Waals surface area contributed by atoms with Crippen LogP contribution >= 0.6 is 0 Å². The number of nitrogens with zero attached hydrogens (tertiary/aromatic N) is 1. The lowest BCUT2D eigenvalue weighted by atomic mass is 9.49. The summed E-state index contributed by atoms with van der Waals surface area (Å²) in [5.74, 6) is 2.37. The average Bonchev–Trinajstić information content (AvgIpc) is 2.43. The molecule has 4 saturated carbocycles. The van der Waals surface area contributed by atoms with Crippen LogP contribution in [-0.2, 0) is 9.53 Å². The molecule has 4 rings (SSSR count). The molecule has 0 heterocycles. The Morgan fingerprint density at radius 1 is 1.19 bits per heavy atom. The lowest BCUT2D eigenvalue weighted by Gasteiger charge is -2.60. The number of esters is 1. The molecule has 116 valence electrons. The van der Waals surface area contributed by atoms with E-state index in [-0.39, 0.29) is 5.97 Å². The van der Waals surface area contributed by atoms with Crippen molar-refractivity contribution >= 4 is 5.97 Å². The van der Waals surface area contributed by atoms with E-state index >= 15 is 0 Å². The van der Waals surface area contributed by atoms with Gasteiger partial charge in [-0.2, -0.15) is 5.26 Å². The lowest BCUT2D eigenvalue weighted by Crippen LogP contribution is -2.60. The van der Waals surface area contributed by atoms with Gasteiger partial charge in [-0.1, -0.05) is 6.92 Å². The molecule has 4 aliphatic carbocycles. The van der Waals surface area contributed by atoms with Gasteiger partial charge in [0.2, 0.25) is 0 Å². The fraction of sp³-hybridized carbons (Fsp3) is 0.889. The van der Waals surface area contributed by atoms with Crippen LogP contribution in [-0.4, -0.2) is 11.6 Å². The predicted molar refractivity (Wildman–Crippen MR) is 80.2 cm³/mol. The lowest BCUT2D eigenvalue weighted by molar-refractivity contribution is -0.215. The fourth-order valence-electron chi connectivity index (χ4n) is 5.05. The van der Waals surface area contributed by atoms with E-state index in [9.17, 15) is 10.1 Å². The van der Waals surface area contributed by atoms with Gasteiger partial charge < -0.3 is 4.74 Å². The molecule has 0 unspecified atom stereocenters. The second-order valence-corrected chi connectivity index (χ2v) is 8.22. The highest BCUT2D eigenvalue weighted by atomic mass is 16.6. The predicted octanol–water partition coefficient (Wildman–Crippen LogP) is 4.07. The third-order valence-electron chi connectivity index (χ3n) is 6.59. The van der Waals surface area contributed by atoms with E-state index in [1.54, 1.807) is 0 Å². The van der Waals surface area contributed by atoms with Crippen LogP contribution < -0.4 is 0 Å². The highest BCUT2D eigenvalue weighted by Crippen LogP contribution is 2.60. The van der Waals surface area contributed by atoms with Crippen LogP contribution in [0.3, 0.4) is 0 Å². The monoisotopic (exact) mass is 289 g/mol. The molecule has 0 aromatic carbocycles. The van der Waals surface area contributed by atoms with Crippen molar-refractivity contribution < 1.29 is 9.53 Å². The van der Waals surface area contributed by atoms with E-state index in [0.29, 0.717) is 18.3 Å². The molecule has 3 nitrogen and oxygen atoms in total. The number of rotatable bonds is 4. The maximum Gasteiger partial charge on any atom is 0.312 e. The number of carbonyl (C=O) groups is 1.